The van der Waals surface area contributed by atoms with Crippen molar-refractivity contribution in [1.29, 1.82) is 0 Å². The van der Waals surface area contributed by atoms with Crippen LogP contribution in [0.2, 0.25) is 5.02 Å². The Balaban J connectivity index is 1.62. The minimum absolute atomic E-state index is 0.000262. The maximum absolute atomic E-state index is 12.1. The Morgan fingerprint density at radius 3 is 2.75 bits per heavy atom. The lowest BCUT2D eigenvalue weighted by Crippen LogP contribution is -2.25. The van der Waals surface area contributed by atoms with E-state index >= 15 is 0 Å². The summed E-state index contributed by atoms with van der Waals surface area (Å²) in [6, 6.07) is 7.63. The molecular weight excluding hydrogens is 366 g/mol. The molecule has 2 aromatic heterocycles. The molecule has 0 fully saturated rings. The molecule has 1 amide bonds. The second-order valence-electron chi connectivity index (χ2n) is 5.21. The Hall–Kier alpha value is -1.96. The number of amides is 1. The van der Waals surface area contributed by atoms with Gasteiger partial charge in [-0.1, -0.05) is 35.1 Å². The molecule has 0 radical (unpaired) electrons. The molecule has 0 spiro atoms. The lowest BCUT2D eigenvalue weighted by atomic mass is 10.1. The third-order valence-corrected chi connectivity index (χ3v) is 5.42. The van der Waals surface area contributed by atoms with Gasteiger partial charge in [-0.25, -0.2) is 4.98 Å². The van der Waals surface area contributed by atoms with Gasteiger partial charge >= 0.3 is 4.87 Å². The molecule has 0 aliphatic rings. The average molecular weight is 380 g/mol. The minimum Gasteiger partial charge on any atom is -0.300 e. The highest BCUT2D eigenvalue weighted by atomic mass is 35.5. The van der Waals surface area contributed by atoms with Crippen LogP contribution in [0, 0.1) is 6.92 Å². The molecule has 0 bridgehead atoms. The molecule has 0 saturated heterocycles. The van der Waals surface area contributed by atoms with E-state index in [0.717, 1.165) is 33.9 Å². The number of anilines is 1. The number of benzene rings is 1. The normalized spacial score (nSPS) is 10.8. The van der Waals surface area contributed by atoms with Crippen LogP contribution in [0.3, 0.4) is 0 Å². The zero-order chi connectivity index (χ0) is 17.1. The van der Waals surface area contributed by atoms with Gasteiger partial charge in [0.2, 0.25) is 5.91 Å². The SMILES string of the molecule is Cc1csc(=O)n1CC(=O)Nc1ncc(Cc2ccc(Cl)cc2)s1. The maximum Gasteiger partial charge on any atom is 0.307 e. The van der Waals surface area contributed by atoms with E-state index in [1.807, 2.05) is 24.3 Å². The van der Waals surface area contributed by atoms with Gasteiger partial charge in [-0.15, -0.1) is 11.3 Å². The van der Waals surface area contributed by atoms with E-state index in [9.17, 15) is 9.59 Å². The fourth-order valence-corrected chi connectivity index (χ4v) is 3.87. The van der Waals surface area contributed by atoms with Crippen LogP contribution in [-0.4, -0.2) is 15.5 Å². The molecule has 1 N–H and O–H groups in total. The summed E-state index contributed by atoms with van der Waals surface area (Å²) in [5.41, 5.74) is 1.91. The van der Waals surface area contributed by atoms with Gasteiger partial charge in [0.15, 0.2) is 5.13 Å². The molecule has 0 saturated carbocycles. The number of thiazole rings is 2. The van der Waals surface area contributed by atoms with Crippen LogP contribution in [0.4, 0.5) is 5.13 Å². The van der Waals surface area contributed by atoms with Gasteiger partial charge in [0.25, 0.3) is 0 Å². The highest BCUT2D eigenvalue weighted by Crippen LogP contribution is 2.22. The summed E-state index contributed by atoms with van der Waals surface area (Å²) in [7, 11) is 0. The predicted molar refractivity (Wildman–Crippen MR) is 98.3 cm³/mol. The van der Waals surface area contributed by atoms with Gasteiger partial charge < -0.3 is 5.32 Å². The lowest BCUT2D eigenvalue weighted by Gasteiger charge is -2.04. The summed E-state index contributed by atoms with van der Waals surface area (Å²) in [5, 5.41) is 5.72. The Kier molecular flexibility index (Phi) is 5.13. The fraction of sp³-hybridized carbons (Fsp3) is 0.188. The molecule has 3 aromatic rings. The predicted octanol–water partition coefficient (Wildman–Crippen LogP) is 3.56. The largest absolute Gasteiger partial charge is 0.307 e. The number of hydrogen-bond donors (Lipinski definition) is 1. The monoisotopic (exact) mass is 379 g/mol. The second kappa shape index (κ2) is 7.29. The van der Waals surface area contributed by atoms with Crippen molar-refractivity contribution < 1.29 is 4.79 Å². The van der Waals surface area contributed by atoms with Crippen molar-refractivity contribution >= 4 is 45.3 Å². The Bertz CT molecular complexity index is 912. The van der Waals surface area contributed by atoms with Gasteiger partial charge in [-0.2, -0.15) is 0 Å². The van der Waals surface area contributed by atoms with Crippen molar-refractivity contribution in [3.8, 4) is 0 Å². The minimum atomic E-state index is -0.258. The Morgan fingerprint density at radius 2 is 2.08 bits per heavy atom. The molecule has 0 unspecified atom stereocenters. The molecule has 0 atom stereocenters. The fourth-order valence-electron chi connectivity index (χ4n) is 2.15. The molecule has 1 aromatic carbocycles. The zero-order valence-corrected chi connectivity index (χ0v) is 15.2. The molecule has 24 heavy (non-hydrogen) atoms. The number of carbonyl (C=O) groups is 1. The number of nitrogens with one attached hydrogen (secondary N) is 1. The summed E-state index contributed by atoms with van der Waals surface area (Å²) in [6.07, 6.45) is 2.48. The number of nitrogens with zero attached hydrogens (tertiary/aromatic N) is 2. The topological polar surface area (TPSA) is 64.0 Å². The van der Waals surface area contributed by atoms with E-state index in [1.165, 1.54) is 15.9 Å². The average Bonchev–Trinajstić information content (AvgIpc) is 3.11. The summed E-state index contributed by atoms with van der Waals surface area (Å²) in [5.74, 6) is -0.258. The van der Waals surface area contributed by atoms with E-state index in [2.05, 4.69) is 10.3 Å². The summed E-state index contributed by atoms with van der Waals surface area (Å²) in [6.45, 7) is 1.80. The van der Waals surface area contributed by atoms with Gasteiger partial charge in [-0.05, 0) is 24.6 Å². The van der Waals surface area contributed by atoms with Gasteiger partial charge in [0.1, 0.15) is 6.54 Å². The molecule has 3 rings (SSSR count). The molecule has 2 heterocycles. The van der Waals surface area contributed by atoms with Crippen molar-refractivity contribution in [2.45, 2.75) is 19.9 Å². The van der Waals surface area contributed by atoms with E-state index in [0.29, 0.717) is 10.2 Å². The molecule has 8 heteroatoms. The second-order valence-corrected chi connectivity index (χ2v) is 7.58. The molecule has 124 valence electrons. The van der Waals surface area contributed by atoms with Gasteiger partial charge in [-0.3, -0.25) is 14.2 Å². The Labute approximate surface area is 151 Å². The number of aryl methyl sites for hydroxylation is 1. The van der Waals surface area contributed by atoms with Crippen LogP contribution in [-0.2, 0) is 17.8 Å². The molecule has 0 aliphatic heterocycles. The lowest BCUT2D eigenvalue weighted by molar-refractivity contribution is -0.116. The highest BCUT2D eigenvalue weighted by Gasteiger charge is 2.11. The van der Waals surface area contributed by atoms with Crippen molar-refractivity contribution in [2.75, 3.05) is 5.32 Å². The van der Waals surface area contributed by atoms with E-state index in [1.54, 1.807) is 18.5 Å². The first-order valence-corrected chi connectivity index (χ1v) is 9.22. The molecular formula is C16H14ClN3O2S2. The first-order chi connectivity index (χ1) is 11.5. The third-order valence-electron chi connectivity index (χ3n) is 3.37. The van der Waals surface area contributed by atoms with Crippen LogP contribution >= 0.6 is 34.3 Å². The molecule has 0 aliphatic carbocycles. The van der Waals surface area contributed by atoms with E-state index in [4.69, 9.17) is 11.6 Å². The van der Waals surface area contributed by atoms with Crippen LogP contribution in [0.1, 0.15) is 16.1 Å². The maximum atomic E-state index is 12.1. The first-order valence-electron chi connectivity index (χ1n) is 7.15. The van der Waals surface area contributed by atoms with Crippen molar-refractivity contribution in [3.05, 3.63) is 66.7 Å². The van der Waals surface area contributed by atoms with Gasteiger partial charge in [0.05, 0.1) is 0 Å². The van der Waals surface area contributed by atoms with Gasteiger partial charge in [0, 0.05) is 33.6 Å². The smallest absolute Gasteiger partial charge is 0.300 e. The first kappa shape index (κ1) is 16.9. The molecule has 5 nitrogen and oxygen atoms in total. The summed E-state index contributed by atoms with van der Waals surface area (Å²) in [4.78, 5) is 28.8. The number of halogens is 1. The quantitative estimate of drug-likeness (QED) is 0.737. The number of carbonyl (C=O) groups excluding carboxylic acids is 1. The van der Waals surface area contributed by atoms with Crippen molar-refractivity contribution in [3.63, 3.8) is 0 Å². The number of aromatic nitrogens is 2. The van der Waals surface area contributed by atoms with Crippen molar-refractivity contribution in [2.24, 2.45) is 0 Å². The van der Waals surface area contributed by atoms with Crippen LogP contribution in [0.25, 0.3) is 0 Å². The summed E-state index contributed by atoms with van der Waals surface area (Å²) >= 11 is 8.39. The highest BCUT2D eigenvalue weighted by molar-refractivity contribution is 7.15. The van der Waals surface area contributed by atoms with E-state index < -0.39 is 0 Å². The van der Waals surface area contributed by atoms with E-state index in [-0.39, 0.29) is 17.3 Å². The van der Waals surface area contributed by atoms with Crippen LogP contribution in [0.5, 0.6) is 0 Å². The summed E-state index contributed by atoms with van der Waals surface area (Å²) < 4.78 is 1.45. The van der Waals surface area contributed by atoms with Crippen molar-refractivity contribution in [1.82, 2.24) is 9.55 Å². The Morgan fingerprint density at radius 1 is 1.33 bits per heavy atom. The standard InChI is InChI=1S/C16H14ClN3O2S2/c1-10-9-23-16(22)20(10)8-14(21)19-15-18-7-13(24-15)6-11-2-4-12(17)5-3-11/h2-5,7,9H,6,8H2,1H3,(H,18,19,21). The van der Waals surface area contributed by atoms with Crippen LogP contribution < -0.4 is 10.2 Å². The zero-order valence-electron chi connectivity index (χ0n) is 12.8. The number of rotatable bonds is 5. The van der Waals surface area contributed by atoms with Crippen LogP contribution in [0.15, 0.2) is 40.6 Å². The third kappa shape index (κ3) is 4.11. The number of hydrogen-bond acceptors (Lipinski definition) is 5.